The first kappa shape index (κ1) is 21.5. The lowest BCUT2D eigenvalue weighted by Crippen LogP contribution is -2.35. The zero-order valence-electron chi connectivity index (χ0n) is 17.4. The van der Waals surface area contributed by atoms with Crippen molar-refractivity contribution in [2.24, 2.45) is 5.73 Å². The van der Waals surface area contributed by atoms with Gasteiger partial charge in [0.1, 0.15) is 0 Å². The van der Waals surface area contributed by atoms with Gasteiger partial charge in [-0.2, -0.15) is 4.39 Å². The normalized spacial score (nSPS) is 17.5. The lowest BCUT2D eigenvalue weighted by Gasteiger charge is -2.32. The van der Waals surface area contributed by atoms with Crippen molar-refractivity contribution in [3.8, 4) is 0 Å². The molecule has 0 bridgehead atoms. The third-order valence-corrected chi connectivity index (χ3v) is 6.09. The molecule has 1 fully saturated rings. The van der Waals surface area contributed by atoms with Crippen molar-refractivity contribution in [2.75, 3.05) is 13.1 Å². The maximum Gasteiger partial charge on any atom is 0.212 e. The Morgan fingerprint density at radius 1 is 0.968 bits per heavy atom. The standard InChI is InChI=1S/C24H25F3N4/c1-24(28,19-4-5-20(25)21(26)12-19)22-6-2-16(13-29-22)15-31-10-8-17(9-11-31)18-3-7-23(27)30-14-18/h2-7,12-14,17H,8-11,15,28H2,1H3/t24-/m0/s1. The average molecular weight is 426 g/mol. The minimum absolute atomic E-state index is 0.402. The van der Waals surface area contributed by atoms with E-state index in [-0.39, 0.29) is 0 Å². The summed E-state index contributed by atoms with van der Waals surface area (Å²) < 4.78 is 39.9. The average Bonchev–Trinajstić information content (AvgIpc) is 2.77. The summed E-state index contributed by atoms with van der Waals surface area (Å²) >= 11 is 0. The second-order valence-electron chi connectivity index (χ2n) is 8.35. The summed E-state index contributed by atoms with van der Waals surface area (Å²) in [4.78, 5) is 10.6. The summed E-state index contributed by atoms with van der Waals surface area (Å²) in [6, 6.07) is 10.7. The number of hydrogen-bond donors (Lipinski definition) is 1. The van der Waals surface area contributed by atoms with E-state index in [1.165, 1.54) is 12.1 Å². The van der Waals surface area contributed by atoms with Gasteiger partial charge in [0, 0.05) is 18.9 Å². The fraction of sp³-hybridized carbons (Fsp3) is 0.333. The smallest absolute Gasteiger partial charge is 0.212 e. The van der Waals surface area contributed by atoms with Crippen LogP contribution in [0, 0.1) is 17.6 Å². The van der Waals surface area contributed by atoms with E-state index in [1.807, 2.05) is 18.2 Å². The number of piperidine rings is 1. The van der Waals surface area contributed by atoms with Gasteiger partial charge in [-0.05, 0) is 79.7 Å². The second kappa shape index (κ2) is 8.77. The molecule has 0 saturated carbocycles. The van der Waals surface area contributed by atoms with E-state index in [2.05, 4.69) is 14.9 Å². The van der Waals surface area contributed by atoms with Crippen LogP contribution >= 0.6 is 0 Å². The van der Waals surface area contributed by atoms with Crippen LogP contribution in [-0.4, -0.2) is 28.0 Å². The first-order chi connectivity index (χ1) is 14.8. The number of halogens is 3. The molecule has 0 radical (unpaired) electrons. The van der Waals surface area contributed by atoms with E-state index in [0.29, 0.717) is 17.2 Å². The Morgan fingerprint density at radius 3 is 2.35 bits per heavy atom. The van der Waals surface area contributed by atoms with Gasteiger partial charge < -0.3 is 5.73 Å². The highest BCUT2D eigenvalue weighted by Crippen LogP contribution is 2.29. The van der Waals surface area contributed by atoms with Crippen LogP contribution in [-0.2, 0) is 12.1 Å². The first-order valence-electron chi connectivity index (χ1n) is 10.4. The number of likely N-dealkylation sites (tertiary alicyclic amines) is 1. The molecule has 162 valence electrons. The Balaban J connectivity index is 1.37. The molecule has 0 aliphatic carbocycles. The maximum absolute atomic E-state index is 13.6. The molecule has 1 atom stereocenters. The molecule has 0 spiro atoms. The van der Waals surface area contributed by atoms with Crippen molar-refractivity contribution in [2.45, 2.75) is 37.8 Å². The molecule has 7 heteroatoms. The van der Waals surface area contributed by atoms with Crippen LogP contribution in [0.1, 0.15) is 48.1 Å². The largest absolute Gasteiger partial charge is 0.317 e. The van der Waals surface area contributed by atoms with Crippen molar-refractivity contribution in [1.29, 1.82) is 0 Å². The highest BCUT2D eigenvalue weighted by Gasteiger charge is 2.27. The van der Waals surface area contributed by atoms with Crippen LogP contribution < -0.4 is 5.73 Å². The molecule has 3 aromatic rings. The molecule has 2 aromatic heterocycles. The lowest BCUT2D eigenvalue weighted by atomic mass is 9.89. The number of rotatable bonds is 5. The third kappa shape index (κ3) is 4.78. The van der Waals surface area contributed by atoms with Crippen molar-refractivity contribution >= 4 is 0 Å². The van der Waals surface area contributed by atoms with Gasteiger partial charge in [0.15, 0.2) is 11.6 Å². The number of benzene rings is 1. The van der Waals surface area contributed by atoms with E-state index in [4.69, 9.17) is 5.73 Å². The Hall–Kier alpha value is -2.77. The van der Waals surface area contributed by atoms with Gasteiger partial charge in [-0.1, -0.05) is 18.2 Å². The first-order valence-corrected chi connectivity index (χ1v) is 10.4. The molecule has 1 saturated heterocycles. The molecule has 1 aliphatic heterocycles. The van der Waals surface area contributed by atoms with E-state index in [9.17, 15) is 13.2 Å². The molecule has 4 nitrogen and oxygen atoms in total. The van der Waals surface area contributed by atoms with Crippen molar-refractivity contribution < 1.29 is 13.2 Å². The highest BCUT2D eigenvalue weighted by atomic mass is 19.2. The van der Waals surface area contributed by atoms with Crippen LogP contribution in [0.3, 0.4) is 0 Å². The Morgan fingerprint density at radius 2 is 1.74 bits per heavy atom. The quantitative estimate of drug-likeness (QED) is 0.611. The Kier molecular flexibility index (Phi) is 6.07. The van der Waals surface area contributed by atoms with E-state index < -0.39 is 23.1 Å². The molecule has 1 aliphatic rings. The number of hydrogen-bond acceptors (Lipinski definition) is 4. The monoisotopic (exact) mass is 426 g/mol. The topological polar surface area (TPSA) is 55.0 Å². The van der Waals surface area contributed by atoms with Crippen LogP contribution in [0.15, 0.2) is 54.9 Å². The van der Waals surface area contributed by atoms with Crippen molar-refractivity contribution in [3.05, 3.63) is 94.8 Å². The van der Waals surface area contributed by atoms with Gasteiger partial charge in [0.2, 0.25) is 5.95 Å². The number of nitrogens with zero attached hydrogens (tertiary/aromatic N) is 3. The maximum atomic E-state index is 13.6. The number of pyridine rings is 2. The van der Waals surface area contributed by atoms with E-state index >= 15 is 0 Å². The van der Waals surface area contributed by atoms with Crippen LogP contribution in [0.5, 0.6) is 0 Å². The van der Waals surface area contributed by atoms with Gasteiger partial charge in [-0.15, -0.1) is 0 Å². The molecule has 31 heavy (non-hydrogen) atoms. The minimum Gasteiger partial charge on any atom is -0.317 e. The molecule has 3 heterocycles. The third-order valence-electron chi connectivity index (χ3n) is 6.09. The lowest BCUT2D eigenvalue weighted by molar-refractivity contribution is 0.204. The van der Waals surface area contributed by atoms with Crippen molar-refractivity contribution in [3.63, 3.8) is 0 Å². The molecular weight excluding hydrogens is 401 g/mol. The summed E-state index contributed by atoms with van der Waals surface area (Å²) in [5.41, 5.74) is 8.57. The molecule has 0 unspecified atom stereocenters. The summed E-state index contributed by atoms with van der Waals surface area (Å²) in [5.74, 6) is -1.87. The summed E-state index contributed by atoms with van der Waals surface area (Å²) in [6.07, 6.45) is 5.41. The fourth-order valence-electron chi connectivity index (χ4n) is 4.10. The van der Waals surface area contributed by atoms with Crippen LogP contribution in [0.25, 0.3) is 0 Å². The van der Waals surface area contributed by atoms with Crippen molar-refractivity contribution in [1.82, 2.24) is 14.9 Å². The Labute approximate surface area is 179 Å². The highest BCUT2D eigenvalue weighted by molar-refractivity contribution is 5.34. The molecule has 1 aromatic carbocycles. The van der Waals surface area contributed by atoms with Gasteiger partial charge in [0.25, 0.3) is 0 Å². The summed E-state index contributed by atoms with van der Waals surface area (Å²) in [7, 11) is 0. The molecule has 0 amide bonds. The molecular formula is C24H25F3N4. The summed E-state index contributed by atoms with van der Waals surface area (Å²) in [6.45, 7) is 4.38. The summed E-state index contributed by atoms with van der Waals surface area (Å²) in [5, 5.41) is 0. The molecule has 4 rings (SSSR count). The number of aromatic nitrogens is 2. The zero-order valence-corrected chi connectivity index (χ0v) is 17.4. The second-order valence-corrected chi connectivity index (χ2v) is 8.35. The van der Waals surface area contributed by atoms with Gasteiger partial charge in [-0.25, -0.2) is 13.8 Å². The van der Waals surface area contributed by atoms with Gasteiger partial charge in [0.05, 0.1) is 11.2 Å². The van der Waals surface area contributed by atoms with Gasteiger partial charge >= 0.3 is 0 Å². The number of nitrogens with two attached hydrogens (primary N) is 1. The predicted molar refractivity (Wildman–Crippen MR) is 113 cm³/mol. The van der Waals surface area contributed by atoms with E-state index in [1.54, 1.807) is 19.3 Å². The van der Waals surface area contributed by atoms with E-state index in [0.717, 1.165) is 55.7 Å². The zero-order chi connectivity index (χ0) is 22.0. The SMILES string of the molecule is C[C@](N)(c1ccc(F)c(F)c1)c1ccc(CN2CCC(c3ccc(F)nc3)CC2)cn1. The fourth-order valence-corrected chi connectivity index (χ4v) is 4.10. The Bertz CT molecular complexity index is 1030. The minimum atomic E-state index is -1.03. The van der Waals surface area contributed by atoms with Gasteiger partial charge in [-0.3, -0.25) is 9.88 Å². The van der Waals surface area contributed by atoms with Crippen LogP contribution in [0.4, 0.5) is 13.2 Å². The van der Waals surface area contributed by atoms with Crippen LogP contribution in [0.2, 0.25) is 0 Å². The predicted octanol–water partition coefficient (Wildman–Crippen LogP) is 4.50. The molecule has 2 N–H and O–H groups in total.